The van der Waals surface area contributed by atoms with Gasteiger partial charge in [0.05, 0.1) is 17.4 Å². The summed E-state index contributed by atoms with van der Waals surface area (Å²) in [6.45, 7) is 1.99. The molecule has 2 aliphatic heterocycles. The van der Waals surface area contributed by atoms with Crippen LogP contribution in [0, 0.1) is 22.5 Å². The topological polar surface area (TPSA) is 49.9 Å². The molecule has 29 heavy (non-hydrogen) atoms. The number of methoxy groups -OCH3 is 1. The molecule has 5 nitrogen and oxygen atoms in total. The van der Waals surface area contributed by atoms with Crippen LogP contribution in [0.4, 0.5) is 8.78 Å². The van der Waals surface area contributed by atoms with Gasteiger partial charge in [-0.15, -0.1) is 0 Å². The maximum absolute atomic E-state index is 14.1. The molecule has 1 aliphatic carbocycles. The van der Waals surface area contributed by atoms with Crippen LogP contribution in [0.15, 0.2) is 18.2 Å². The molecule has 2 saturated heterocycles. The zero-order valence-electron chi connectivity index (χ0n) is 16.9. The highest BCUT2D eigenvalue weighted by atomic mass is 19.2. The quantitative estimate of drug-likeness (QED) is 0.755. The number of ether oxygens (including phenoxy) is 1. The summed E-state index contributed by atoms with van der Waals surface area (Å²) < 4.78 is 32.9. The van der Waals surface area contributed by atoms with Gasteiger partial charge in [-0.25, -0.2) is 8.78 Å². The molecule has 0 aromatic heterocycles. The lowest BCUT2D eigenvalue weighted by Crippen LogP contribution is -2.53. The van der Waals surface area contributed by atoms with Crippen molar-refractivity contribution in [1.29, 1.82) is 0 Å². The Kier molecular flexibility index (Phi) is 5.36. The normalized spacial score (nSPS) is 26.1. The molecule has 2 amide bonds. The van der Waals surface area contributed by atoms with Gasteiger partial charge in [-0.3, -0.25) is 9.59 Å². The minimum atomic E-state index is -0.900. The van der Waals surface area contributed by atoms with Crippen LogP contribution in [-0.4, -0.2) is 55.0 Å². The fourth-order valence-electron chi connectivity index (χ4n) is 5.24. The fourth-order valence-corrected chi connectivity index (χ4v) is 5.24. The summed E-state index contributed by atoms with van der Waals surface area (Å²) in [5.74, 6) is -1.74. The molecule has 0 unspecified atom stereocenters. The highest BCUT2D eigenvalue weighted by molar-refractivity contribution is 5.88. The van der Waals surface area contributed by atoms with Crippen LogP contribution in [0.1, 0.15) is 44.1 Å². The predicted octanol–water partition coefficient (Wildman–Crippen LogP) is 3.12. The lowest BCUT2D eigenvalue weighted by Gasteiger charge is -2.43. The molecule has 3 aliphatic rings. The Morgan fingerprint density at radius 3 is 2.62 bits per heavy atom. The summed E-state index contributed by atoms with van der Waals surface area (Å²) in [6, 6.07) is 4.05. The maximum atomic E-state index is 14.1. The van der Waals surface area contributed by atoms with E-state index in [4.69, 9.17) is 4.74 Å². The monoisotopic (exact) mass is 406 g/mol. The molecule has 0 radical (unpaired) electrons. The van der Waals surface area contributed by atoms with E-state index in [1.807, 2.05) is 4.90 Å². The number of rotatable bonds is 5. The fraction of sp³-hybridized carbons (Fsp3) is 0.636. The summed E-state index contributed by atoms with van der Waals surface area (Å²) in [4.78, 5) is 29.9. The van der Waals surface area contributed by atoms with Gasteiger partial charge < -0.3 is 14.5 Å². The standard InChI is InChI=1S/C22H28F2N2O3/c1-29-15-22(7-3-8-22)20(28)26-12-10-21(14-26)9-4-11-25(19(21)27)13-16-5-2-6-17(23)18(16)24/h2,5-6H,3-4,7-15H2,1H3/t21-/m0/s1. The molecular weight excluding hydrogens is 378 g/mol. The second-order valence-electron chi connectivity index (χ2n) is 8.87. The van der Waals surface area contributed by atoms with Crippen molar-refractivity contribution < 1.29 is 23.1 Å². The zero-order chi connectivity index (χ0) is 20.6. The van der Waals surface area contributed by atoms with Gasteiger partial charge in [-0.1, -0.05) is 18.6 Å². The third-order valence-electron chi connectivity index (χ3n) is 7.04. The second-order valence-corrected chi connectivity index (χ2v) is 8.87. The van der Waals surface area contributed by atoms with Crippen molar-refractivity contribution in [1.82, 2.24) is 9.80 Å². The van der Waals surface area contributed by atoms with Gasteiger partial charge in [0.15, 0.2) is 11.6 Å². The number of likely N-dealkylation sites (tertiary alicyclic amines) is 2. The minimum absolute atomic E-state index is 0.0443. The molecule has 2 heterocycles. The van der Waals surface area contributed by atoms with E-state index in [2.05, 4.69) is 0 Å². The van der Waals surface area contributed by atoms with E-state index >= 15 is 0 Å². The highest BCUT2D eigenvalue weighted by Gasteiger charge is 2.53. The minimum Gasteiger partial charge on any atom is -0.384 e. The first kappa shape index (κ1) is 20.3. The number of carbonyl (C=O) groups is 2. The Balaban J connectivity index is 1.48. The number of amides is 2. The number of halogens is 2. The molecule has 1 aromatic carbocycles. The average Bonchev–Trinajstić information content (AvgIpc) is 3.10. The van der Waals surface area contributed by atoms with Gasteiger partial charge >= 0.3 is 0 Å². The first-order valence-corrected chi connectivity index (χ1v) is 10.4. The van der Waals surface area contributed by atoms with Crippen molar-refractivity contribution in [3.8, 4) is 0 Å². The lowest BCUT2D eigenvalue weighted by atomic mass is 9.68. The first-order valence-electron chi connectivity index (χ1n) is 10.4. The number of nitrogens with zero attached hydrogens (tertiary/aromatic N) is 2. The average molecular weight is 406 g/mol. The van der Waals surface area contributed by atoms with Crippen LogP contribution in [0.3, 0.4) is 0 Å². The van der Waals surface area contributed by atoms with E-state index in [0.717, 1.165) is 38.2 Å². The smallest absolute Gasteiger partial charge is 0.231 e. The molecule has 3 fully saturated rings. The summed E-state index contributed by atoms with van der Waals surface area (Å²) in [5, 5.41) is 0. The molecule has 1 saturated carbocycles. The van der Waals surface area contributed by atoms with Gasteiger partial charge in [0, 0.05) is 38.9 Å². The molecule has 7 heteroatoms. The van der Waals surface area contributed by atoms with Crippen molar-refractivity contribution in [2.45, 2.75) is 45.1 Å². The van der Waals surface area contributed by atoms with E-state index < -0.39 is 22.5 Å². The van der Waals surface area contributed by atoms with Crippen molar-refractivity contribution in [3.63, 3.8) is 0 Å². The van der Waals surface area contributed by atoms with E-state index in [1.54, 1.807) is 12.0 Å². The SMILES string of the molecule is COCC1(C(=O)N2CC[C@@]3(CCCN(Cc4cccc(F)c4F)C3=O)C2)CCC1. The van der Waals surface area contributed by atoms with Gasteiger partial charge in [-0.05, 0) is 38.2 Å². The van der Waals surface area contributed by atoms with E-state index in [0.29, 0.717) is 32.7 Å². The van der Waals surface area contributed by atoms with Crippen LogP contribution < -0.4 is 0 Å². The van der Waals surface area contributed by atoms with E-state index in [1.165, 1.54) is 12.1 Å². The van der Waals surface area contributed by atoms with Crippen molar-refractivity contribution in [2.75, 3.05) is 33.4 Å². The Morgan fingerprint density at radius 2 is 1.93 bits per heavy atom. The number of piperidine rings is 1. The van der Waals surface area contributed by atoms with Crippen LogP contribution >= 0.6 is 0 Å². The first-order chi connectivity index (χ1) is 13.9. The van der Waals surface area contributed by atoms with E-state index in [9.17, 15) is 18.4 Å². The zero-order valence-corrected chi connectivity index (χ0v) is 16.9. The van der Waals surface area contributed by atoms with Gasteiger partial charge in [-0.2, -0.15) is 0 Å². The number of benzene rings is 1. The van der Waals surface area contributed by atoms with Gasteiger partial charge in [0.2, 0.25) is 11.8 Å². The molecule has 0 N–H and O–H groups in total. The number of hydrogen-bond acceptors (Lipinski definition) is 3. The number of carbonyl (C=O) groups excluding carboxylic acids is 2. The molecule has 4 rings (SSSR count). The van der Waals surface area contributed by atoms with E-state index in [-0.39, 0.29) is 23.9 Å². The predicted molar refractivity (Wildman–Crippen MR) is 103 cm³/mol. The van der Waals surface area contributed by atoms with Crippen molar-refractivity contribution in [3.05, 3.63) is 35.4 Å². The molecule has 1 aromatic rings. The van der Waals surface area contributed by atoms with Crippen molar-refractivity contribution in [2.24, 2.45) is 10.8 Å². The Morgan fingerprint density at radius 1 is 1.14 bits per heavy atom. The third-order valence-corrected chi connectivity index (χ3v) is 7.04. The Hall–Kier alpha value is -2.02. The summed E-state index contributed by atoms with van der Waals surface area (Å²) >= 11 is 0. The Bertz CT molecular complexity index is 811. The second kappa shape index (κ2) is 7.67. The summed E-state index contributed by atoms with van der Waals surface area (Å²) in [7, 11) is 1.62. The van der Waals surface area contributed by atoms with Crippen LogP contribution in [-0.2, 0) is 20.9 Å². The summed E-state index contributed by atoms with van der Waals surface area (Å²) in [5.41, 5.74) is -0.840. The highest BCUT2D eigenvalue weighted by Crippen LogP contribution is 2.46. The molecule has 1 spiro atoms. The Labute approximate surface area is 170 Å². The molecule has 158 valence electrons. The van der Waals surface area contributed by atoms with Crippen LogP contribution in [0.5, 0.6) is 0 Å². The largest absolute Gasteiger partial charge is 0.384 e. The summed E-state index contributed by atoms with van der Waals surface area (Å²) in [6.07, 6.45) is 4.86. The molecule has 1 atom stereocenters. The van der Waals surface area contributed by atoms with Crippen LogP contribution in [0.25, 0.3) is 0 Å². The third kappa shape index (κ3) is 3.43. The van der Waals surface area contributed by atoms with Gasteiger partial charge in [0.1, 0.15) is 0 Å². The number of hydrogen-bond donors (Lipinski definition) is 0. The molecule has 0 bridgehead atoms. The van der Waals surface area contributed by atoms with Gasteiger partial charge in [0.25, 0.3) is 0 Å². The lowest BCUT2D eigenvalue weighted by molar-refractivity contribution is -0.153. The maximum Gasteiger partial charge on any atom is 0.231 e. The molecular formula is C22H28F2N2O3. The van der Waals surface area contributed by atoms with Crippen molar-refractivity contribution >= 4 is 11.8 Å². The van der Waals surface area contributed by atoms with Crippen LogP contribution in [0.2, 0.25) is 0 Å².